The summed E-state index contributed by atoms with van der Waals surface area (Å²) in [6.07, 6.45) is 2.53. The molecule has 1 aromatic rings. The van der Waals surface area contributed by atoms with Crippen molar-refractivity contribution in [2.24, 2.45) is 0 Å². The van der Waals surface area contributed by atoms with Gasteiger partial charge in [-0.05, 0) is 25.5 Å². The number of hydrogen-bond donors (Lipinski definition) is 1. The molecule has 0 aliphatic carbocycles. The lowest BCUT2D eigenvalue weighted by Gasteiger charge is -2.25. The molecule has 0 bridgehead atoms. The van der Waals surface area contributed by atoms with Crippen molar-refractivity contribution < 1.29 is 18.3 Å². The molecule has 0 radical (unpaired) electrons. The number of carboxylic acids is 1. The van der Waals surface area contributed by atoms with Crippen LogP contribution in [-0.4, -0.2) is 36.9 Å². The average molecular weight is 281 g/mol. The van der Waals surface area contributed by atoms with E-state index in [2.05, 4.69) is 0 Å². The van der Waals surface area contributed by atoms with E-state index in [1.54, 1.807) is 0 Å². The fraction of sp³-hybridized carbons (Fsp3) is 0.308. The highest BCUT2D eigenvalue weighted by atomic mass is 32.2. The molecule has 0 saturated carbocycles. The molecule has 1 aromatic carbocycles. The van der Waals surface area contributed by atoms with Crippen LogP contribution in [0.4, 0.5) is 0 Å². The first kappa shape index (κ1) is 13.8. The number of nitrogens with zero attached hydrogens (tertiary/aromatic N) is 1. The summed E-state index contributed by atoms with van der Waals surface area (Å²) < 4.78 is 26.2. The predicted molar refractivity (Wildman–Crippen MR) is 70.5 cm³/mol. The molecule has 1 aliphatic rings. The molecule has 0 amide bonds. The van der Waals surface area contributed by atoms with E-state index < -0.39 is 16.0 Å². The fourth-order valence-electron chi connectivity index (χ4n) is 1.98. The maximum absolute atomic E-state index is 12.5. The molecule has 1 aliphatic heterocycles. The lowest BCUT2D eigenvalue weighted by Crippen LogP contribution is -2.35. The van der Waals surface area contributed by atoms with E-state index in [4.69, 9.17) is 5.11 Å². The van der Waals surface area contributed by atoms with Crippen LogP contribution in [0, 0.1) is 0 Å². The van der Waals surface area contributed by atoms with Gasteiger partial charge in [-0.1, -0.05) is 23.8 Å². The SMILES string of the molecule is CC1=CCN(S(=O)(=O)c2ccccc2C(=O)O)CC1. The third-order valence-electron chi connectivity index (χ3n) is 3.13. The summed E-state index contributed by atoms with van der Waals surface area (Å²) in [5.74, 6) is -1.23. The van der Waals surface area contributed by atoms with Crippen LogP contribution in [0.2, 0.25) is 0 Å². The molecular weight excluding hydrogens is 266 g/mol. The molecule has 102 valence electrons. The van der Waals surface area contributed by atoms with Crippen molar-refractivity contribution in [3.05, 3.63) is 41.5 Å². The highest BCUT2D eigenvalue weighted by Gasteiger charge is 2.29. The number of aromatic carboxylic acids is 1. The van der Waals surface area contributed by atoms with Crippen LogP contribution >= 0.6 is 0 Å². The Bertz CT molecular complexity index is 634. The van der Waals surface area contributed by atoms with Crippen molar-refractivity contribution in [2.75, 3.05) is 13.1 Å². The molecule has 0 unspecified atom stereocenters. The summed E-state index contributed by atoms with van der Waals surface area (Å²) in [5.41, 5.74) is 0.965. The van der Waals surface area contributed by atoms with Gasteiger partial charge < -0.3 is 5.11 Å². The standard InChI is InChI=1S/C13H15NO4S/c1-10-6-8-14(9-7-10)19(17,18)12-5-3-2-4-11(12)13(15)16/h2-6H,7-9H2,1H3,(H,15,16). The van der Waals surface area contributed by atoms with Crippen LogP contribution in [0.25, 0.3) is 0 Å². The second kappa shape index (κ2) is 5.14. The van der Waals surface area contributed by atoms with E-state index in [1.165, 1.54) is 28.6 Å². The number of sulfonamides is 1. The van der Waals surface area contributed by atoms with Crippen molar-refractivity contribution >= 4 is 16.0 Å². The molecule has 0 aromatic heterocycles. The maximum atomic E-state index is 12.5. The Kier molecular flexibility index (Phi) is 3.73. The molecule has 5 nitrogen and oxygen atoms in total. The third-order valence-corrected chi connectivity index (χ3v) is 5.06. The first-order valence-corrected chi connectivity index (χ1v) is 7.35. The number of benzene rings is 1. The van der Waals surface area contributed by atoms with E-state index in [0.29, 0.717) is 19.5 Å². The van der Waals surface area contributed by atoms with Gasteiger partial charge in [0.15, 0.2) is 0 Å². The van der Waals surface area contributed by atoms with Crippen molar-refractivity contribution in [3.63, 3.8) is 0 Å². The Morgan fingerprint density at radius 2 is 2.00 bits per heavy atom. The molecule has 2 rings (SSSR count). The Balaban J connectivity index is 2.43. The van der Waals surface area contributed by atoms with Gasteiger partial charge >= 0.3 is 5.97 Å². The minimum Gasteiger partial charge on any atom is -0.478 e. The van der Waals surface area contributed by atoms with Crippen LogP contribution < -0.4 is 0 Å². The van der Waals surface area contributed by atoms with E-state index in [0.717, 1.165) is 5.57 Å². The summed E-state index contributed by atoms with van der Waals surface area (Å²) in [4.78, 5) is 11.0. The zero-order chi connectivity index (χ0) is 14.0. The Hall–Kier alpha value is -1.66. The molecule has 0 fully saturated rings. The molecule has 1 N–H and O–H groups in total. The first-order chi connectivity index (χ1) is 8.93. The fourth-order valence-corrected chi connectivity index (χ4v) is 3.54. The third kappa shape index (κ3) is 2.69. The van der Waals surface area contributed by atoms with Crippen LogP contribution in [0.15, 0.2) is 40.8 Å². The van der Waals surface area contributed by atoms with Crippen LogP contribution in [0.5, 0.6) is 0 Å². The minimum absolute atomic E-state index is 0.143. The molecule has 1 heterocycles. The smallest absolute Gasteiger partial charge is 0.337 e. The summed E-state index contributed by atoms with van der Waals surface area (Å²) in [6, 6.07) is 5.69. The Labute approximate surface area is 112 Å². The average Bonchev–Trinajstić information content (AvgIpc) is 2.39. The maximum Gasteiger partial charge on any atom is 0.337 e. The minimum atomic E-state index is -3.75. The predicted octanol–water partition coefficient (Wildman–Crippen LogP) is 1.73. The van der Waals surface area contributed by atoms with Crippen molar-refractivity contribution in [3.8, 4) is 0 Å². The zero-order valence-corrected chi connectivity index (χ0v) is 11.4. The van der Waals surface area contributed by atoms with Crippen molar-refractivity contribution in [1.29, 1.82) is 0 Å². The Morgan fingerprint density at radius 3 is 2.58 bits per heavy atom. The topological polar surface area (TPSA) is 74.7 Å². The van der Waals surface area contributed by atoms with Crippen molar-refractivity contribution in [2.45, 2.75) is 18.2 Å². The summed E-state index contributed by atoms with van der Waals surface area (Å²) >= 11 is 0. The zero-order valence-electron chi connectivity index (χ0n) is 10.5. The summed E-state index contributed by atoms with van der Waals surface area (Å²) in [5, 5.41) is 9.07. The van der Waals surface area contributed by atoms with Gasteiger partial charge in [0.2, 0.25) is 10.0 Å². The molecule has 0 spiro atoms. The molecule has 0 atom stereocenters. The quantitative estimate of drug-likeness (QED) is 0.856. The number of carboxylic acid groups (broad SMARTS) is 1. The highest BCUT2D eigenvalue weighted by Crippen LogP contribution is 2.23. The molecule has 0 saturated heterocycles. The van der Waals surface area contributed by atoms with Gasteiger partial charge in [-0.2, -0.15) is 4.31 Å². The van der Waals surface area contributed by atoms with Gasteiger partial charge in [0.25, 0.3) is 0 Å². The first-order valence-electron chi connectivity index (χ1n) is 5.91. The summed E-state index contributed by atoms with van der Waals surface area (Å²) in [7, 11) is -3.75. The van der Waals surface area contributed by atoms with Crippen molar-refractivity contribution in [1.82, 2.24) is 4.31 Å². The van der Waals surface area contributed by atoms with Gasteiger partial charge in [0.05, 0.1) is 10.5 Å². The molecular formula is C13H15NO4S. The van der Waals surface area contributed by atoms with E-state index in [1.807, 2.05) is 13.0 Å². The summed E-state index contributed by atoms with van der Waals surface area (Å²) in [6.45, 7) is 2.63. The second-order valence-electron chi connectivity index (χ2n) is 4.46. The van der Waals surface area contributed by atoms with Gasteiger partial charge in [0, 0.05) is 13.1 Å². The number of rotatable bonds is 3. The molecule has 6 heteroatoms. The largest absolute Gasteiger partial charge is 0.478 e. The molecule has 19 heavy (non-hydrogen) atoms. The van der Waals surface area contributed by atoms with E-state index in [-0.39, 0.29) is 10.5 Å². The lowest BCUT2D eigenvalue weighted by molar-refractivity contribution is 0.0692. The normalized spacial score (nSPS) is 17.0. The number of hydrogen-bond acceptors (Lipinski definition) is 3. The lowest BCUT2D eigenvalue weighted by atomic mass is 10.1. The monoisotopic (exact) mass is 281 g/mol. The van der Waals surface area contributed by atoms with E-state index in [9.17, 15) is 13.2 Å². The van der Waals surface area contributed by atoms with Gasteiger partial charge in [0.1, 0.15) is 0 Å². The highest BCUT2D eigenvalue weighted by molar-refractivity contribution is 7.89. The van der Waals surface area contributed by atoms with E-state index >= 15 is 0 Å². The van der Waals surface area contributed by atoms with Crippen LogP contribution in [0.1, 0.15) is 23.7 Å². The Morgan fingerprint density at radius 1 is 1.32 bits per heavy atom. The van der Waals surface area contributed by atoms with Gasteiger partial charge in [-0.3, -0.25) is 0 Å². The number of carbonyl (C=O) groups is 1. The van der Waals surface area contributed by atoms with Crippen LogP contribution in [-0.2, 0) is 10.0 Å². The van der Waals surface area contributed by atoms with Gasteiger partial charge in [-0.25, -0.2) is 13.2 Å². The van der Waals surface area contributed by atoms with Gasteiger partial charge in [-0.15, -0.1) is 0 Å². The van der Waals surface area contributed by atoms with Crippen LogP contribution in [0.3, 0.4) is 0 Å². The second-order valence-corrected chi connectivity index (χ2v) is 6.37.